The zero-order valence-electron chi connectivity index (χ0n) is 18.6. The van der Waals surface area contributed by atoms with E-state index in [2.05, 4.69) is 4.98 Å². The Morgan fingerprint density at radius 1 is 1.11 bits per heavy atom. The molecular formula is C25H22ClN3O3S3. The number of H-pyrrole nitrogens is 1. The Bertz CT molecular complexity index is 1410. The summed E-state index contributed by atoms with van der Waals surface area (Å²) in [5.74, 6) is 0.601. The number of nitrogens with zero attached hydrogens (tertiary/aromatic N) is 2. The van der Waals surface area contributed by atoms with Crippen molar-refractivity contribution in [2.45, 2.75) is 46.4 Å². The molecule has 0 amide bonds. The Hall–Kier alpha value is -2.33. The molecule has 5 rings (SSSR count). The van der Waals surface area contributed by atoms with Crippen molar-refractivity contribution in [3.05, 3.63) is 91.1 Å². The number of aromatic nitrogens is 2. The van der Waals surface area contributed by atoms with Crippen molar-refractivity contribution in [1.29, 1.82) is 0 Å². The molecule has 0 spiro atoms. The van der Waals surface area contributed by atoms with Crippen LogP contribution in [0.25, 0.3) is 10.2 Å². The van der Waals surface area contributed by atoms with Gasteiger partial charge < -0.3 is 4.98 Å². The number of benzene rings is 2. The number of nitrogens with one attached hydrogen (secondary N) is 1. The number of thioether (sulfide) groups is 2. The molecule has 0 radical (unpaired) electrons. The minimum Gasteiger partial charge on any atom is -0.301 e. The normalized spacial score (nSPS) is 15.0. The van der Waals surface area contributed by atoms with Crippen LogP contribution in [0, 0.1) is 10.1 Å². The summed E-state index contributed by atoms with van der Waals surface area (Å²) in [7, 11) is 0. The van der Waals surface area contributed by atoms with Gasteiger partial charge in [-0.05, 0) is 48.9 Å². The van der Waals surface area contributed by atoms with E-state index in [9.17, 15) is 14.9 Å². The molecule has 1 aliphatic rings. The number of rotatable bonds is 8. The number of nitro groups is 1. The lowest BCUT2D eigenvalue weighted by Crippen LogP contribution is -2.15. The van der Waals surface area contributed by atoms with Crippen molar-refractivity contribution < 1.29 is 4.92 Å². The highest BCUT2D eigenvalue weighted by Gasteiger charge is 2.25. The van der Waals surface area contributed by atoms with E-state index in [0.29, 0.717) is 10.9 Å². The second kappa shape index (κ2) is 10.7. The predicted octanol–water partition coefficient (Wildman–Crippen LogP) is 7.00. The molecule has 2 atom stereocenters. The van der Waals surface area contributed by atoms with Crippen LogP contribution in [0.1, 0.15) is 34.2 Å². The Kier molecular flexibility index (Phi) is 7.48. The number of fused-ring (bicyclic) bond motifs is 3. The molecule has 4 aromatic rings. The number of hydrogen-bond acceptors (Lipinski definition) is 7. The molecule has 0 saturated carbocycles. The van der Waals surface area contributed by atoms with Gasteiger partial charge in [0.15, 0.2) is 5.16 Å². The number of thiophene rings is 1. The molecule has 0 fully saturated rings. The highest BCUT2D eigenvalue weighted by atomic mass is 35.5. The van der Waals surface area contributed by atoms with Crippen LogP contribution >= 0.6 is 46.5 Å². The fraction of sp³-hybridized carbons (Fsp3) is 0.280. The zero-order chi connectivity index (χ0) is 24.4. The lowest BCUT2D eigenvalue weighted by Gasteiger charge is -2.22. The van der Waals surface area contributed by atoms with Crippen molar-refractivity contribution in [2.24, 2.45) is 0 Å². The maximum absolute atomic E-state index is 12.9. The molecule has 0 bridgehead atoms. The largest absolute Gasteiger partial charge is 0.301 e. The molecule has 0 unspecified atom stereocenters. The molecule has 10 heteroatoms. The van der Waals surface area contributed by atoms with E-state index in [1.807, 2.05) is 30.3 Å². The van der Waals surface area contributed by atoms with Crippen LogP contribution in [-0.2, 0) is 12.8 Å². The first kappa shape index (κ1) is 24.4. The molecule has 1 aliphatic carbocycles. The van der Waals surface area contributed by atoms with Gasteiger partial charge in [0.25, 0.3) is 11.2 Å². The first-order valence-corrected chi connectivity index (χ1v) is 14.4. The summed E-state index contributed by atoms with van der Waals surface area (Å²) in [5, 5.41) is 12.0. The number of alkyl halides is 1. The smallest absolute Gasteiger partial charge is 0.269 e. The molecule has 2 heterocycles. The van der Waals surface area contributed by atoms with Crippen molar-refractivity contribution in [2.75, 3.05) is 5.75 Å². The highest BCUT2D eigenvalue weighted by molar-refractivity contribution is 8.03. The number of nitro benzene ring substituents is 1. The van der Waals surface area contributed by atoms with Crippen LogP contribution in [0.5, 0.6) is 0 Å². The fourth-order valence-electron chi connectivity index (χ4n) is 4.22. The van der Waals surface area contributed by atoms with Crippen molar-refractivity contribution >= 4 is 62.4 Å². The number of halogens is 1. The van der Waals surface area contributed by atoms with Gasteiger partial charge in [-0.2, -0.15) is 0 Å². The summed E-state index contributed by atoms with van der Waals surface area (Å²) in [5.41, 5.74) is 2.16. The van der Waals surface area contributed by atoms with Crippen LogP contribution in [0.2, 0.25) is 0 Å². The molecule has 0 aliphatic heterocycles. The SMILES string of the molecule is O=c1[nH]c(SC[C@H](Sc2ccc([N+](=O)[O-])cc2)[C@@H](Cl)c2ccccc2)nc2sc3c(c12)CCCC3. The fourth-order valence-corrected chi connectivity index (χ4v) is 8.27. The lowest BCUT2D eigenvalue weighted by molar-refractivity contribution is -0.384. The van der Waals surface area contributed by atoms with Crippen molar-refractivity contribution in [3.8, 4) is 0 Å². The van der Waals surface area contributed by atoms with E-state index in [-0.39, 0.29) is 21.9 Å². The van der Waals surface area contributed by atoms with Gasteiger partial charge in [0.1, 0.15) is 4.83 Å². The minimum absolute atomic E-state index is 0.0551. The summed E-state index contributed by atoms with van der Waals surface area (Å²) in [6.45, 7) is 0. The third kappa shape index (κ3) is 5.43. The molecule has 2 aromatic heterocycles. The number of aromatic amines is 1. The molecule has 180 valence electrons. The van der Waals surface area contributed by atoms with Crippen molar-refractivity contribution in [1.82, 2.24) is 9.97 Å². The average Bonchev–Trinajstić information content (AvgIpc) is 3.26. The van der Waals surface area contributed by atoms with Crippen LogP contribution in [0.3, 0.4) is 0 Å². The number of hydrogen-bond donors (Lipinski definition) is 1. The molecule has 35 heavy (non-hydrogen) atoms. The summed E-state index contributed by atoms with van der Waals surface area (Å²) >= 11 is 11.6. The first-order chi connectivity index (χ1) is 17.0. The van der Waals surface area contributed by atoms with E-state index < -0.39 is 4.92 Å². The van der Waals surface area contributed by atoms with Gasteiger partial charge >= 0.3 is 0 Å². The Morgan fingerprint density at radius 2 is 1.86 bits per heavy atom. The summed E-state index contributed by atoms with van der Waals surface area (Å²) in [4.78, 5) is 34.3. The summed E-state index contributed by atoms with van der Waals surface area (Å²) in [6.07, 6.45) is 4.26. The number of non-ortho nitro benzene ring substituents is 1. The third-order valence-corrected chi connectivity index (χ3v) is 10.3. The maximum Gasteiger partial charge on any atom is 0.269 e. The maximum atomic E-state index is 12.9. The molecular weight excluding hydrogens is 522 g/mol. The van der Waals surface area contributed by atoms with Crippen molar-refractivity contribution in [3.63, 3.8) is 0 Å². The average molecular weight is 544 g/mol. The van der Waals surface area contributed by atoms with Crippen LogP contribution in [0.15, 0.2) is 69.4 Å². The van der Waals surface area contributed by atoms with Gasteiger partial charge in [-0.15, -0.1) is 34.7 Å². The second-order valence-corrected chi connectivity index (χ2v) is 12.2. The quantitative estimate of drug-likeness (QED) is 0.0845. The van der Waals surface area contributed by atoms with Gasteiger partial charge in [-0.25, -0.2) is 4.98 Å². The summed E-state index contributed by atoms with van der Waals surface area (Å²) < 4.78 is 0. The van der Waals surface area contributed by atoms with Crippen LogP contribution in [0.4, 0.5) is 5.69 Å². The second-order valence-electron chi connectivity index (χ2n) is 8.29. The van der Waals surface area contributed by atoms with Gasteiger partial charge in [-0.1, -0.05) is 42.1 Å². The van der Waals surface area contributed by atoms with Gasteiger partial charge in [0.2, 0.25) is 0 Å². The minimum atomic E-state index is -0.406. The summed E-state index contributed by atoms with van der Waals surface area (Å²) in [6, 6.07) is 16.4. The Labute approximate surface area is 219 Å². The van der Waals surface area contributed by atoms with E-state index >= 15 is 0 Å². The zero-order valence-corrected chi connectivity index (χ0v) is 21.8. The highest BCUT2D eigenvalue weighted by Crippen LogP contribution is 2.40. The van der Waals surface area contributed by atoms with Gasteiger partial charge in [0, 0.05) is 32.9 Å². The lowest BCUT2D eigenvalue weighted by atomic mass is 9.97. The van der Waals surface area contributed by atoms with E-state index in [1.54, 1.807) is 35.2 Å². The van der Waals surface area contributed by atoms with E-state index in [4.69, 9.17) is 16.6 Å². The standard InChI is InChI=1S/C25H22ClN3O3S3/c26-22(15-6-2-1-3-7-15)20(34-17-12-10-16(11-13-17)29(31)32)14-33-25-27-23(30)21-18-8-4-5-9-19(18)35-24(21)28-25/h1-3,6-7,10-13,20,22H,4-5,8-9,14H2,(H,27,28,30)/t20-,22-/m0/s1. The molecule has 0 saturated heterocycles. The monoisotopic (exact) mass is 543 g/mol. The molecule has 2 aromatic carbocycles. The first-order valence-electron chi connectivity index (χ1n) is 11.3. The van der Waals surface area contributed by atoms with Crippen LogP contribution < -0.4 is 5.56 Å². The van der Waals surface area contributed by atoms with E-state index in [0.717, 1.165) is 46.4 Å². The molecule has 6 nitrogen and oxygen atoms in total. The van der Waals surface area contributed by atoms with Crippen LogP contribution in [-0.4, -0.2) is 25.9 Å². The number of aryl methyl sites for hydroxylation is 2. The predicted molar refractivity (Wildman–Crippen MR) is 145 cm³/mol. The Balaban J connectivity index is 1.39. The van der Waals surface area contributed by atoms with E-state index in [1.165, 1.54) is 34.3 Å². The third-order valence-electron chi connectivity index (χ3n) is 5.97. The van der Waals surface area contributed by atoms with Gasteiger partial charge in [0.05, 0.1) is 15.7 Å². The Morgan fingerprint density at radius 3 is 2.60 bits per heavy atom. The topological polar surface area (TPSA) is 88.9 Å². The molecule has 1 N–H and O–H groups in total. The van der Waals surface area contributed by atoms with Gasteiger partial charge in [-0.3, -0.25) is 14.9 Å².